The molecular formula is C21H16BrNO. The Morgan fingerprint density at radius 1 is 0.917 bits per heavy atom. The number of hydrogen-bond acceptors (Lipinski definition) is 2. The smallest absolute Gasteiger partial charge is 0.125 e. The molecule has 4 rings (SSSR count). The highest BCUT2D eigenvalue weighted by atomic mass is 79.9. The third kappa shape index (κ3) is 2.28. The summed E-state index contributed by atoms with van der Waals surface area (Å²) in [5.41, 5.74) is 5.00. The molecular weight excluding hydrogens is 362 g/mol. The van der Waals surface area contributed by atoms with Crippen LogP contribution in [0.2, 0.25) is 0 Å². The lowest BCUT2D eigenvalue weighted by molar-refractivity contribution is 0.477. The zero-order chi connectivity index (χ0) is 16.8. The summed E-state index contributed by atoms with van der Waals surface area (Å²) in [7, 11) is 0. The predicted molar refractivity (Wildman–Crippen MR) is 104 cm³/mol. The quantitative estimate of drug-likeness (QED) is 0.404. The van der Waals surface area contributed by atoms with Crippen molar-refractivity contribution in [2.24, 2.45) is 0 Å². The second kappa shape index (κ2) is 5.60. The van der Waals surface area contributed by atoms with Crippen LogP contribution in [0.15, 0.2) is 59.1 Å². The van der Waals surface area contributed by atoms with Crippen molar-refractivity contribution in [1.29, 1.82) is 0 Å². The highest BCUT2D eigenvalue weighted by molar-refractivity contribution is 9.10. The third-order valence-corrected chi connectivity index (χ3v) is 5.10. The number of aryl methyl sites for hydroxylation is 2. The van der Waals surface area contributed by atoms with Gasteiger partial charge in [-0.1, -0.05) is 46.3 Å². The summed E-state index contributed by atoms with van der Waals surface area (Å²) in [5.74, 6) is 0.235. The lowest BCUT2D eigenvalue weighted by atomic mass is 9.95. The molecule has 1 N–H and O–H groups in total. The van der Waals surface area contributed by atoms with E-state index >= 15 is 0 Å². The molecule has 0 bridgehead atoms. The van der Waals surface area contributed by atoms with Crippen molar-refractivity contribution in [2.45, 2.75) is 13.8 Å². The van der Waals surface area contributed by atoms with E-state index in [1.54, 1.807) is 6.07 Å². The molecule has 24 heavy (non-hydrogen) atoms. The molecule has 0 amide bonds. The average Bonchev–Trinajstić information content (AvgIpc) is 2.59. The molecule has 118 valence electrons. The maximum absolute atomic E-state index is 10.4. The lowest BCUT2D eigenvalue weighted by Gasteiger charge is -2.14. The number of phenols is 1. The Labute approximate surface area is 148 Å². The van der Waals surface area contributed by atoms with E-state index in [0.29, 0.717) is 0 Å². The van der Waals surface area contributed by atoms with Crippen molar-refractivity contribution < 1.29 is 5.11 Å². The van der Waals surface area contributed by atoms with Gasteiger partial charge in [0.1, 0.15) is 5.75 Å². The van der Waals surface area contributed by atoms with Gasteiger partial charge in [-0.25, -0.2) is 4.98 Å². The first-order valence-corrected chi connectivity index (χ1v) is 8.63. The zero-order valence-electron chi connectivity index (χ0n) is 13.5. The summed E-state index contributed by atoms with van der Waals surface area (Å²) >= 11 is 3.49. The van der Waals surface area contributed by atoms with Crippen LogP contribution in [-0.4, -0.2) is 10.1 Å². The second-order valence-corrected chi connectivity index (χ2v) is 6.98. The van der Waals surface area contributed by atoms with Gasteiger partial charge in [0, 0.05) is 20.8 Å². The first kappa shape index (κ1) is 15.2. The van der Waals surface area contributed by atoms with Crippen LogP contribution in [0.3, 0.4) is 0 Å². The van der Waals surface area contributed by atoms with Crippen LogP contribution in [0, 0.1) is 13.8 Å². The van der Waals surface area contributed by atoms with E-state index < -0.39 is 0 Å². The molecule has 0 aliphatic heterocycles. The van der Waals surface area contributed by atoms with Gasteiger partial charge in [0.05, 0.1) is 11.2 Å². The van der Waals surface area contributed by atoms with Crippen molar-refractivity contribution in [1.82, 2.24) is 4.98 Å². The normalized spacial score (nSPS) is 11.3. The van der Waals surface area contributed by atoms with E-state index in [0.717, 1.165) is 32.0 Å². The molecule has 2 nitrogen and oxygen atoms in total. The highest BCUT2D eigenvalue weighted by Crippen LogP contribution is 2.38. The first-order chi connectivity index (χ1) is 11.6. The fourth-order valence-electron chi connectivity index (χ4n) is 3.23. The van der Waals surface area contributed by atoms with Gasteiger partial charge in [-0.3, -0.25) is 0 Å². The predicted octanol–water partition coefficient (Wildman–Crippen LogP) is 6.14. The Hall–Kier alpha value is -2.39. The molecule has 0 unspecified atom stereocenters. The number of aromatic nitrogens is 1. The second-order valence-electron chi connectivity index (χ2n) is 6.07. The third-order valence-electron chi connectivity index (χ3n) is 4.61. The van der Waals surface area contributed by atoms with E-state index in [1.165, 1.54) is 16.5 Å². The minimum Gasteiger partial charge on any atom is -0.507 e. The molecule has 1 aromatic heterocycles. The van der Waals surface area contributed by atoms with Gasteiger partial charge >= 0.3 is 0 Å². The standard InChI is InChI=1S/C21H16BrNO/c1-12-7-9-18-20(13(12)2)15-5-3-4-6-16(15)21(23-18)17-11-14(22)8-10-19(17)24/h3-11,24H,1-2H3. The van der Waals surface area contributed by atoms with Gasteiger partial charge in [-0.15, -0.1) is 0 Å². The van der Waals surface area contributed by atoms with Crippen molar-refractivity contribution >= 4 is 37.6 Å². The Kier molecular flexibility index (Phi) is 3.54. The van der Waals surface area contributed by atoms with Crippen molar-refractivity contribution in [3.05, 3.63) is 70.2 Å². The summed E-state index contributed by atoms with van der Waals surface area (Å²) in [4.78, 5) is 4.90. The Bertz CT molecular complexity index is 1100. The molecule has 4 aromatic rings. The Balaban J connectivity index is 2.21. The molecule has 0 radical (unpaired) electrons. The van der Waals surface area contributed by atoms with E-state index in [2.05, 4.69) is 54.0 Å². The fourth-order valence-corrected chi connectivity index (χ4v) is 3.59. The van der Waals surface area contributed by atoms with Crippen LogP contribution in [0.5, 0.6) is 5.75 Å². The molecule has 0 aliphatic carbocycles. The summed E-state index contributed by atoms with van der Waals surface area (Å²) in [5, 5.41) is 13.8. The van der Waals surface area contributed by atoms with Crippen LogP contribution in [0.1, 0.15) is 11.1 Å². The van der Waals surface area contributed by atoms with E-state index in [9.17, 15) is 5.11 Å². The number of benzene rings is 3. The largest absolute Gasteiger partial charge is 0.507 e. The van der Waals surface area contributed by atoms with Gasteiger partial charge in [0.2, 0.25) is 0 Å². The molecule has 0 atom stereocenters. The maximum atomic E-state index is 10.4. The van der Waals surface area contributed by atoms with Crippen LogP contribution in [0.25, 0.3) is 32.9 Å². The van der Waals surface area contributed by atoms with Crippen molar-refractivity contribution in [3.8, 4) is 17.0 Å². The van der Waals surface area contributed by atoms with E-state index in [1.807, 2.05) is 24.3 Å². The summed E-state index contributed by atoms with van der Waals surface area (Å²) in [6, 6.07) is 17.9. The van der Waals surface area contributed by atoms with Crippen LogP contribution < -0.4 is 0 Å². The molecule has 0 saturated carbocycles. The number of rotatable bonds is 1. The van der Waals surface area contributed by atoms with Crippen LogP contribution in [0.4, 0.5) is 0 Å². The van der Waals surface area contributed by atoms with Crippen molar-refractivity contribution in [3.63, 3.8) is 0 Å². The van der Waals surface area contributed by atoms with Gasteiger partial charge < -0.3 is 5.11 Å². The number of nitrogens with zero attached hydrogens (tertiary/aromatic N) is 1. The number of aromatic hydroxyl groups is 1. The molecule has 0 fully saturated rings. The number of hydrogen-bond donors (Lipinski definition) is 1. The highest BCUT2D eigenvalue weighted by Gasteiger charge is 2.15. The molecule has 0 spiro atoms. The van der Waals surface area contributed by atoms with Gasteiger partial charge in [-0.05, 0) is 54.6 Å². The Morgan fingerprint density at radius 3 is 2.46 bits per heavy atom. The van der Waals surface area contributed by atoms with Gasteiger partial charge in [0.15, 0.2) is 0 Å². The molecule has 1 heterocycles. The lowest BCUT2D eigenvalue weighted by Crippen LogP contribution is -1.93. The minimum atomic E-state index is 0.235. The summed E-state index contributed by atoms with van der Waals surface area (Å²) < 4.78 is 0.918. The van der Waals surface area contributed by atoms with Crippen molar-refractivity contribution in [2.75, 3.05) is 0 Å². The molecule has 3 heteroatoms. The van der Waals surface area contributed by atoms with Crippen LogP contribution >= 0.6 is 15.9 Å². The number of phenolic OH excluding ortho intramolecular Hbond substituents is 1. The number of halogens is 1. The van der Waals surface area contributed by atoms with Gasteiger partial charge in [-0.2, -0.15) is 0 Å². The fraction of sp³-hybridized carbons (Fsp3) is 0.0952. The first-order valence-electron chi connectivity index (χ1n) is 7.84. The Morgan fingerprint density at radius 2 is 1.67 bits per heavy atom. The topological polar surface area (TPSA) is 33.1 Å². The number of fused-ring (bicyclic) bond motifs is 3. The molecule has 3 aromatic carbocycles. The summed E-state index contributed by atoms with van der Waals surface area (Å²) in [6.07, 6.45) is 0. The average molecular weight is 378 g/mol. The number of pyridine rings is 1. The maximum Gasteiger partial charge on any atom is 0.125 e. The van der Waals surface area contributed by atoms with E-state index in [4.69, 9.17) is 4.98 Å². The van der Waals surface area contributed by atoms with Gasteiger partial charge in [0.25, 0.3) is 0 Å². The van der Waals surface area contributed by atoms with Crippen LogP contribution in [-0.2, 0) is 0 Å². The zero-order valence-corrected chi connectivity index (χ0v) is 15.1. The SMILES string of the molecule is Cc1ccc2nc(-c3cc(Br)ccc3O)c3ccccc3c2c1C. The monoisotopic (exact) mass is 377 g/mol. The molecule has 0 saturated heterocycles. The van der Waals surface area contributed by atoms with E-state index in [-0.39, 0.29) is 5.75 Å². The summed E-state index contributed by atoms with van der Waals surface area (Å²) in [6.45, 7) is 4.26. The molecule has 0 aliphatic rings. The minimum absolute atomic E-state index is 0.235.